The largest absolute Gasteiger partial charge is 0.309 e. The molecule has 30 heavy (non-hydrogen) atoms. The van der Waals surface area contributed by atoms with E-state index in [2.05, 4.69) is 63.2 Å². The lowest BCUT2D eigenvalue weighted by atomic mass is 10.1. The number of carbonyl (C=O) groups excluding carboxylic acids is 1. The molecule has 1 heterocycles. The van der Waals surface area contributed by atoms with E-state index < -0.39 is 0 Å². The smallest absolute Gasteiger partial charge is 0.233 e. The van der Waals surface area contributed by atoms with Crippen molar-refractivity contribution in [1.82, 2.24) is 9.88 Å². The van der Waals surface area contributed by atoms with Gasteiger partial charge >= 0.3 is 0 Å². The first-order valence-corrected chi connectivity index (χ1v) is 11.7. The van der Waals surface area contributed by atoms with Gasteiger partial charge in [-0.15, -0.1) is 24.2 Å². The van der Waals surface area contributed by atoms with Gasteiger partial charge in [0, 0.05) is 16.7 Å². The molecule has 3 aromatic rings. The molecule has 162 valence electrons. The molecule has 0 spiro atoms. The van der Waals surface area contributed by atoms with Gasteiger partial charge in [-0.1, -0.05) is 49.4 Å². The Kier molecular flexibility index (Phi) is 9.62. The summed E-state index contributed by atoms with van der Waals surface area (Å²) in [6, 6.07) is 16.4. The molecular formula is C23H30ClN3OS2. The van der Waals surface area contributed by atoms with Crippen LogP contribution in [0, 0.1) is 0 Å². The summed E-state index contributed by atoms with van der Waals surface area (Å²) in [4.78, 5) is 23.2. The molecule has 1 aromatic heterocycles. The van der Waals surface area contributed by atoms with Crippen molar-refractivity contribution in [1.29, 1.82) is 0 Å². The molecule has 0 radical (unpaired) electrons. The van der Waals surface area contributed by atoms with Gasteiger partial charge in [0.2, 0.25) is 5.91 Å². The van der Waals surface area contributed by atoms with E-state index in [9.17, 15) is 4.79 Å². The molecule has 0 aliphatic carbocycles. The van der Waals surface area contributed by atoms with Crippen LogP contribution in [0.1, 0.15) is 25.8 Å². The molecule has 2 aromatic carbocycles. The van der Waals surface area contributed by atoms with Gasteiger partial charge in [-0.05, 0) is 56.9 Å². The predicted octanol–water partition coefficient (Wildman–Crippen LogP) is 5.75. The van der Waals surface area contributed by atoms with Crippen LogP contribution in [-0.4, -0.2) is 48.2 Å². The molecule has 0 N–H and O–H groups in total. The fraction of sp³-hybridized carbons (Fsp3) is 0.391. The highest BCUT2D eigenvalue weighted by Gasteiger charge is 2.20. The Bertz CT molecular complexity index is 908. The number of amides is 1. The topological polar surface area (TPSA) is 36.4 Å². The molecule has 3 rings (SSSR count). The average molecular weight is 464 g/mol. The summed E-state index contributed by atoms with van der Waals surface area (Å²) < 4.78 is 1.11. The number of nitrogens with zero attached hydrogens (tertiary/aromatic N) is 3. The second-order valence-corrected chi connectivity index (χ2v) is 10.3. The number of rotatable bonds is 9. The Morgan fingerprint density at radius 3 is 2.40 bits per heavy atom. The molecule has 4 nitrogen and oxygen atoms in total. The third-order valence-electron chi connectivity index (χ3n) is 4.45. The molecule has 0 bridgehead atoms. The van der Waals surface area contributed by atoms with Crippen molar-refractivity contribution in [3.05, 3.63) is 54.1 Å². The number of thioether (sulfide) groups is 1. The standard InChI is InChI=1S/C23H29N3OS2.ClH/c1-17(2)28-19-12-10-18(11-13-19)16-22(27)26(15-7-14-25(3)4)23-24-20-8-5-6-9-21(20)29-23;/h5-6,8-13,17H,7,14-16H2,1-4H3;1H. The average Bonchev–Trinajstić information content (AvgIpc) is 3.09. The van der Waals surface area contributed by atoms with Crippen LogP contribution in [0.3, 0.4) is 0 Å². The van der Waals surface area contributed by atoms with Crippen molar-refractivity contribution in [2.45, 2.75) is 36.8 Å². The second-order valence-electron chi connectivity index (χ2n) is 7.65. The van der Waals surface area contributed by atoms with Crippen molar-refractivity contribution in [3.8, 4) is 0 Å². The van der Waals surface area contributed by atoms with E-state index in [-0.39, 0.29) is 18.3 Å². The zero-order chi connectivity index (χ0) is 20.8. The Balaban J connectivity index is 0.00000320. The lowest BCUT2D eigenvalue weighted by Crippen LogP contribution is -2.34. The molecule has 0 saturated carbocycles. The van der Waals surface area contributed by atoms with E-state index in [1.54, 1.807) is 11.3 Å². The third kappa shape index (κ3) is 6.98. The molecule has 0 unspecified atom stereocenters. The maximum Gasteiger partial charge on any atom is 0.233 e. The fourth-order valence-electron chi connectivity index (χ4n) is 3.08. The molecular weight excluding hydrogens is 434 g/mol. The third-order valence-corrected chi connectivity index (χ3v) is 6.53. The van der Waals surface area contributed by atoms with Crippen LogP contribution in [0.2, 0.25) is 0 Å². The van der Waals surface area contributed by atoms with Gasteiger partial charge in [-0.2, -0.15) is 0 Å². The summed E-state index contributed by atoms with van der Waals surface area (Å²) in [6.07, 6.45) is 1.31. The highest BCUT2D eigenvalue weighted by molar-refractivity contribution is 7.99. The SMILES string of the molecule is CC(C)Sc1ccc(CC(=O)N(CCCN(C)C)c2nc3ccccc3s2)cc1.Cl. The van der Waals surface area contributed by atoms with E-state index in [4.69, 9.17) is 4.98 Å². The van der Waals surface area contributed by atoms with Crippen molar-refractivity contribution in [3.63, 3.8) is 0 Å². The summed E-state index contributed by atoms with van der Waals surface area (Å²) in [7, 11) is 4.11. The molecule has 0 aliphatic rings. The Morgan fingerprint density at radius 1 is 1.07 bits per heavy atom. The summed E-state index contributed by atoms with van der Waals surface area (Å²) in [5.74, 6) is 0.104. The number of carbonyl (C=O) groups is 1. The van der Waals surface area contributed by atoms with E-state index >= 15 is 0 Å². The minimum Gasteiger partial charge on any atom is -0.309 e. The van der Waals surface area contributed by atoms with Crippen LogP contribution in [0.5, 0.6) is 0 Å². The lowest BCUT2D eigenvalue weighted by Gasteiger charge is -2.21. The predicted molar refractivity (Wildman–Crippen MR) is 134 cm³/mol. The van der Waals surface area contributed by atoms with Crippen LogP contribution in [-0.2, 0) is 11.2 Å². The van der Waals surface area contributed by atoms with Crippen LogP contribution in [0.4, 0.5) is 5.13 Å². The van der Waals surface area contributed by atoms with Gasteiger partial charge in [-0.3, -0.25) is 9.69 Å². The Labute approximate surface area is 194 Å². The molecule has 1 amide bonds. The highest BCUT2D eigenvalue weighted by Crippen LogP contribution is 2.29. The number of aromatic nitrogens is 1. The number of halogens is 1. The summed E-state index contributed by atoms with van der Waals surface area (Å²) in [6.45, 7) is 5.99. The van der Waals surface area contributed by atoms with Crippen molar-refractivity contribution in [2.24, 2.45) is 0 Å². The maximum atomic E-state index is 13.2. The maximum absolute atomic E-state index is 13.2. The van der Waals surface area contributed by atoms with Crippen molar-refractivity contribution >= 4 is 56.8 Å². The van der Waals surface area contributed by atoms with Gasteiger partial charge < -0.3 is 4.90 Å². The molecule has 7 heteroatoms. The van der Waals surface area contributed by atoms with E-state index in [1.165, 1.54) is 4.90 Å². The monoisotopic (exact) mass is 463 g/mol. The number of anilines is 1. The van der Waals surface area contributed by atoms with Crippen molar-refractivity contribution < 1.29 is 4.79 Å². The first-order valence-electron chi connectivity index (χ1n) is 9.98. The van der Waals surface area contributed by atoms with Gasteiger partial charge in [0.05, 0.1) is 16.6 Å². The van der Waals surface area contributed by atoms with Crippen LogP contribution in [0.15, 0.2) is 53.4 Å². The minimum absolute atomic E-state index is 0. The summed E-state index contributed by atoms with van der Waals surface area (Å²) in [5.41, 5.74) is 2.00. The van der Waals surface area contributed by atoms with E-state index in [0.717, 1.165) is 33.9 Å². The summed E-state index contributed by atoms with van der Waals surface area (Å²) >= 11 is 3.43. The van der Waals surface area contributed by atoms with Crippen molar-refractivity contribution in [2.75, 3.05) is 32.1 Å². The first kappa shape index (κ1) is 24.7. The number of fused-ring (bicyclic) bond motifs is 1. The Morgan fingerprint density at radius 2 is 1.77 bits per heavy atom. The number of para-hydroxylation sites is 1. The zero-order valence-electron chi connectivity index (χ0n) is 18.0. The second kappa shape index (κ2) is 11.7. The molecule has 0 aliphatic heterocycles. The Hall–Kier alpha value is -1.60. The highest BCUT2D eigenvalue weighted by atomic mass is 35.5. The number of benzene rings is 2. The van der Waals surface area contributed by atoms with E-state index in [1.807, 2.05) is 34.9 Å². The van der Waals surface area contributed by atoms with Gasteiger partial charge in [-0.25, -0.2) is 4.98 Å². The van der Waals surface area contributed by atoms with E-state index in [0.29, 0.717) is 18.2 Å². The number of hydrogen-bond donors (Lipinski definition) is 0. The van der Waals surface area contributed by atoms with Gasteiger partial charge in [0.1, 0.15) is 0 Å². The molecule has 0 atom stereocenters. The number of hydrogen-bond acceptors (Lipinski definition) is 5. The fourth-order valence-corrected chi connectivity index (χ4v) is 4.92. The zero-order valence-corrected chi connectivity index (χ0v) is 20.4. The lowest BCUT2D eigenvalue weighted by molar-refractivity contribution is -0.118. The first-order chi connectivity index (χ1) is 13.9. The molecule has 0 fully saturated rings. The van der Waals surface area contributed by atoms with Crippen LogP contribution < -0.4 is 4.90 Å². The van der Waals surface area contributed by atoms with Crippen LogP contribution in [0.25, 0.3) is 10.2 Å². The van der Waals surface area contributed by atoms with Crippen LogP contribution >= 0.6 is 35.5 Å². The quantitative estimate of drug-likeness (QED) is 0.379. The number of thiazole rings is 1. The normalized spacial score (nSPS) is 11.1. The van der Waals surface area contributed by atoms with Gasteiger partial charge in [0.15, 0.2) is 5.13 Å². The summed E-state index contributed by atoms with van der Waals surface area (Å²) in [5, 5.41) is 1.34. The minimum atomic E-state index is 0. The molecule has 0 saturated heterocycles. The van der Waals surface area contributed by atoms with Gasteiger partial charge in [0.25, 0.3) is 0 Å².